The third kappa shape index (κ3) is 5.74. The lowest BCUT2D eigenvalue weighted by atomic mass is 10.0. The number of hydrogen-bond acceptors (Lipinski definition) is 5. The van der Waals surface area contributed by atoms with Gasteiger partial charge in [-0.15, -0.1) is 0 Å². The molecule has 8 nitrogen and oxygen atoms in total. The van der Waals surface area contributed by atoms with Crippen molar-refractivity contribution < 1.29 is 23.1 Å². The second-order valence-corrected chi connectivity index (χ2v) is 10.6. The fraction of sp³-hybridized carbons (Fsp3) is 0.182. The van der Waals surface area contributed by atoms with Gasteiger partial charge in [0, 0.05) is 28.8 Å². The van der Waals surface area contributed by atoms with Gasteiger partial charge in [-0.05, 0) is 67.3 Å². The Morgan fingerprint density at radius 2 is 1.64 bits per heavy atom. The number of rotatable bonds is 9. The molecule has 3 aromatic carbocycles. The van der Waals surface area contributed by atoms with Crippen molar-refractivity contribution in [3.8, 4) is 11.1 Å². The fourth-order valence-corrected chi connectivity index (χ4v) is 5.61. The second-order valence-electron chi connectivity index (χ2n) is 9.77. The zero-order valence-electron chi connectivity index (χ0n) is 23.6. The quantitative estimate of drug-likeness (QED) is 0.156. The van der Waals surface area contributed by atoms with Crippen LogP contribution in [0.3, 0.4) is 0 Å². The van der Waals surface area contributed by atoms with E-state index in [-0.39, 0.29) is 12.3 Å². The van der Waals surface area contributed by atoms with Crippen molar-refractivity contribution >= 4 is 39.9 Å². The molecule has 1 N–H and O–H groups in total. The Morgan fingerprint density at radius 1 is 0.952 bits per heavy atom. The van der Waals surface area contributed by atoms with Crippen molar-refractivity contribution in [2.24, 2.45) is 0 Å². The molecule has 0 aliphatic heterocycles. The van der Waals surface area contributed by atoms with Gasteiger partial charge in [0.1, 0.15) is 5.65 Å². The number of para-hydroxylation sites is 1. The number of aromatic nitrogens is 2. The normalized spacial score (nSPS) is 11.8. The molecule has 2 aromatic heterocycles. The van der Waals surface area contributed by atoms with Gasteiger partial charge in [0.25, 0.3) is 17.2 Å². The Labute approximate surface area is 247 Å². The molecule has 1 amide bonds. The first-order valence-electron chi connectivity index (χ1n) is 13.7. The Hall–Kier alpha value is -4.60. The van der Waals surface area contributed by atoms with Crippen LogP contribution in [0.15, 0.2) is 91.0 Å². The van der Waals surface area contributed by atoms with Crippen molar-refractivity contribution in [3.05, 3.63) is 119 Å². The van der Waals surface area contributed by atoms with Gasteiger partial charge in [0.15, 0.2) is 5.69 Å². The summed E-state index contributed by atoms with van der Waals surface area (Å²) in [6.07, 6.45) is 0.791. The maximum Gasteiger partial charge on any atom is 0.357 e. The largest absolute Gasteiger partial charge is 0.461 e. The van der Waals surface area contributed by atoms with E-state index in [4.69, 9.17) is 4.74 Å². The third-order valence-corrected chi connectivity index (χ3v) is 7.77. The first-order chi connectivity index (χ1) is 20.3. The van der Waals surface area contributed by atoms with Crippen LogP contribution in [0.25, 0.3) is 22.2 Å². The van der Waals surface area contributed by atoms with E-state index in [1.807, 2.05) is 43.3 Å². The topological polar surface area (TPSA) is 102 Å². The van der Waals surface area contributed by atoms with Gasteiger partial charge in [-0.25, -0.2) is 18.3 Å². The van der Waals surface area contributed by atoms with E-state index in [1.165, 1.54) is 0 Å². The lowest BCUT2D eigenvalue weighted by molar-refractivity contribution is 0.0519. The summed E-state index contributed by atoms with van der Waals surface area (Å²) in [4.78, 5) is 30.3. The smallest absolute Gasteiger partial charge is 0.357 e. The lowest BCUT2D eigenvalue weighted by Crippen LogP contribution is -2.32. The van der Waals surface area contributed by atoms with Crippen LogP contribution in [-0.4, -0.2) is 36.8 Å². The van der Waals surface area contributed by atoms with Gasteiger partial charge in [-0.3, -0.25) is 9.35 Å². The maximum atomic E-state index is 13.2. The monoisotopic (exact) mass is 581 g/mol. The van der Waals surface area contributed by atoms with Crippen molar-refractivity contribution in [2.75, 3.05) is 10.9 Å². The molecule has 5 rings (SSSR count). The van der Waals surface area contributed by atoms with Crippen LogP contribution in [0.4, 0.5) is 5.69 Å². The van der Waals surface area contributed by atoms with Crippen LogP contribution in [0, 0.1) is 6.92 Å². The van der Waals surface area contributed by atoms with Gasteiger partial charge in [0.05, 0.1) is 12.3 Å². The van der Waals surface area contributed by atoms with E-state index in [0.29, 0.717) is 23.4 Å². The van der Waals surface area contributed by atoms with E-state index in [9.17, 15) is 18.4 Å². The summed E-state index contributed by atoms with van der Waals surface area (Å²) in [5.74, 6) is -1.02. The molecule has 0 aliphatic carbocycles. The predicted octanol–water partition coefficient (Wildman–Crippen LogP) is 6.58. The number of carbonyl (C=O) groups excluding carboxylic acids is 2. The highest BCUT2D eigenvalue weighted by Gasteiger charge is 2.25. The SMILES string of the molecule is CCOC(=O)c1cc(C)c2cc(CC)n(Cc3ccc(-c4ccccc4N(C(=O)c4ccccc4)S(=O)O)cc3)c2n1. The van der Waals surface area contributed by atoms with Gasteiger partial charge >= 0.3 is 5.97 Å². The van der Waals surface area contributed by atoms with E-state index in [1.54, 1.807) is 55.5 Å². The number of esters is 1. The Bertz CT molecular complexity index is 1780. The number of anilines is 1. The molecule has 0 fully saturated rings. The summed E-state index contributed by atoms with van der Waals surface area (Å²) in [6.45, 7) is 6.63. The first kappa shape index (κ1) is 28.9. The van der Waals surface area contributed by atoms with E-state index >= 15 is 0 Å². The molecule has 0 saturated heterocycles. The van der Waals surface area contributed by atoms with Crippen LogP contribution in [0.1, 0.15) is 51.5 Å². The van der Waals surface area contributed by atoms with Crippen LogP contribution in [0.2, 0.25) is 0 Å². The molecule has 1 atom stereocenters. The Kier molecular flexibility index (Phi) is 8.61. The molecular formula is C33H31N3O5S. The minimum atomic E-state index is -2.58. The Balaban J connectivity index is 1.49. The molecule has 5 aromatic rings. The summed E-state index contributed by atoms with van der Waals surface area (Å²) < 4.78 is 30.7. The number of amides is 1. The predicted molar refractivity (Wildman–Crippen MR) is 165 cm³/mol. The minimum absolute atomic E-state index is 0.278. The van der Waals surface area contributed by atoms with Gasteiger partial charge in [-0.1, -0.05) is 67.6 Å². The standard InChI is InChI=1S/C33H31N3O5S/c1-4-26-20-28-22(3)19-29(33(38)41-5-2)34-31(28)35(26)21-23-15-17-24(18-16-23)27-13-9-10-14-30(27)36(42(39)40)32(37)25-11-7-6-8-12-25/h6-20H,4-5,21H2,1-3H3,(H,39,40). The fourth-order valence-electron chi connectivity index (χ4n) is 5.04. The van der Waals surface area contributed by atoms with Crippen LogP contribution in [0.5, 0.6) is 0 Å². The van der Waals surface area contributed by atoms with Gasteiger partial charge in [-0.2, -0.15) is 0 Å². The van der Waals surface area contributed by atoms with E-state index < -0.39 is 23.1 Å². The Morgan fingerprint density at radius 3 is 2.31 bits per heavy atom. The summed E-state index contributed by atoms with van der Waals surface area (Å²) in [5, 5.41) is 0.991. The van der Waals surface area contributed by atoms with Crippen LogP contribution >= 0.6 is 0 Å². The number of benzene rings is 3. The third-order valence-electron chi connectivity index (χ3n) is 7.10. The molecule has 2 heterocycles. The number of fused-ring (bicyclic) bond motifs is 1. The summed E-state index contributed by atoms with van der Waals surface area (Å²) in [6, 6.07) is 27.2. The van der Waals surface area contributed by atoms with Crippen LogP contribution in [-0.2, 0) is 29.0 Å². The first-order valence-corrected chi connectivity index (χ1v) is 14.7. The molecule has 9 heteroatoms. The van der Waals surface area contributed by atoms with E-state index in [0.717, 1.165) is 44.1 Å². The molecule has 0 spiro atoms. The average Bonchev–Trinajstić information content (AvgIpc) is 3.36. The molecule has 0 radical (unpaired) electrons. The van der Waals surface area contributed by atoms with E-state index in [2.05, 4.69) is 22.5 Å². The number of pyridine rings is 1. The zero-order chi connectivity index (χ0) is 29.8. The highest BCUT2D eigenvalue weighted by atomic mass is 32.2. The van der Waals surface area contributed by atoms with Gasteiger partial charge in [0.2, 0.25) is 0 Å². The lowest BCUT2D eigenvalue weighted by Gasteiger charge is -2.21. The number of ether oxygens (including phenoxy) is 1. The maximum absolute atomic E-state index is 13.2. The molecule has 214 valence electrons. The van der Waals surface area contributed by atoms with Crippen molar-refractivity contribution in [1.29, 1.82) is 0 Å². The number of hydrogen-bond donors (Lipinski definition) is 1. The number of nitrogens with zero attached hydrogens (tertiary/aromatic N) is 3. The van der Waals surface area contributed by atoms with Crippen molar-refractivity contribution in [1.82, 2.24) is 9.55 Å². The minimum Gasteiger partial charge on any atom is -0.461 e. The summed E-state index contributed by atoms with van der Waals surface area (Å²) in [7, 11) is 0. The van der Waals surface area contributed by atoms with Crippen molar-refractivity contribution in [3.63, 3.8) is 0 Å². The molecule has 42 heavy (non-hydrogen) atoms. The van der Waals surface area contributed by atoms with Gasteiger partial charge < -0.3 is 9.30 Å². The number of aryl methyl sites for hydroxylation is 2. The zero-order valence-corrected chi connectivity index (χ0v) is 24.4. The molecule has 0 aliphatic rings. The summed E-state index contributed by atoms with van der Waals surface area (Å²) >= 11 is -2.58. The van der Waals surface area contributed by atoms with Crippen LogP contribution < -0.4 is 4.31 Å². The molecule has 1 unspecified atom stereocenters. The molecular weight excluding hydrogens is 550 g/mol. The molecule has 0 saturated carbocycles. The second kappa shape index (κ2) is 12.5. The number of carbonyl (C=O) groups is 2. The molecule has 0 bridgehead atoms. The average molecular weight is 582 g/mol. The summed E-state index contributed by atoms with van der Waals surface area (Å²) in [5.41, 5.74) is 6.14. The highest BCUT2D eigenvalue weighted by Crippen LogP contribution is 2.33. The van der Waals surface area contributed by atoms with Crippen molar-refractivity contribution in [2.45, 2.75) is 33.7 Å². The highest BCUT2D eigenvalue weighted by molar-refractivity contribution is 7.81.